The van der Waals surface area contributed by atoms with Gasteiger partial charge in [0.1, 0.15) is 7.05 Å². The van der Waals surface area contributed by atoms with E-state index in [4.69, 9.17) is 0 Å². The van der Waals surface area contributed by atoms with E-state index in [-0.39, 0.29) is 0 Å². The molecule has 0 saturated heterocycles. The first kappa shape index (κ1) is 11.4. The van der Waals surface area contributed by atoms with Crippen LogP contribution in [0.25, 0.3) is 11.5 Å². The van der Waals surface area contributed by atoms with Gasteiger partial charge in [0.15, 0.2) is 6.20 Å². The van der Waals surface area contributed by atoms with Crippen LogP contribution in [0.15, 0.2) is 36.8 Å². The summed E-state index contributed by atoms with van der Waals surface area (Å²) in [5.74, 6) is 0.989. The van der Waals surface area contributed by atoms with Crippen LogP contribution in [0, 0.1) is 0 Å². The minimum atomic E-state index is 0.989. The lowest BCUT2D eigenvalue weighted by atomic mass is 10.3. The van der Waals surface area contributed by atoms with Crippen LogP contribution in [0.1, 0.15) is 13.8 Å². The van der Waals surface area contributed by atoms with Crippen LogP contribution in [-0.2, 0) is 14.1 Å². The molecule has 2 rings (SSSR count). The molecule has 0 spiro atoms. The summed E-state index contributed by atoms with van der Waals surface area (Å²) >= 11 is 0. The molecule has 0 saturated carbocycles. The molecule has 80 valence electrons. The van der Waals surface area contributed by atoms with Crippen LogP contribution in [0.4, 0.5) is 0 Å². The summed E-state index contributed by atoms with van der Waals surface area (Å²) in [6.07, 6.45) is 5.77. The molecule has 15 heavy (non-hydrogen) atoms. The van der Waals surface area contributed by atoms with E-state index in [0.717, 1.165) is 11.5 Å². The van der Waals surface area contributed by atoms with Crippen LogP contribution < -0.4 is 4.57 Å². The lowest BCUT2D eigenvalue weighted by Crippen LogP contribution is -2.30. The van der Waals surface area contributed by atoms with Crippen molar-refractivity contribution >= 4 is 0 Å². The fourth-order valence-corrected chi connectivity index (χ4v) is 1.37. The fraction of sp³-hybridized carbons (Fsp3) is 0.333. The van der Waals surface area contributed by atoms with Gasteiger partial charge in [-0.25, -0.2) is 4.98 Å². The number of aromatic nitrogens is 3. The number of hydrogen-bond acceptors (Lipinski definition) is 1. The molecule has 0 aliphatic carbocycles. The van der Waals surface area contributed by atoms with Crippen molar-refractivity contribution in [2.75, 3.05) is 0 Å². The molecule has 0 fully saturated rings. The molecule has 2 aromatic rings. The van der Waals surface area contributed by atoms with E-state index in [1.807, 2.05) is 63.2 Å². The lowest BCUT2D eigenvalue weighted by Gasteiger charge is -1.98. The highest BCUT2D eigenvalue weighted by Gasteiger charge is 2.11. The van der Waals surface area contributed by atoms with Crippen molar-refractivity contribution in [3.8, 4) is 11.5 Å². The van der Waals surface area contributed by atoms with Gasteiger partial charge >= 0.3 is 0 Å². The number of aryl methyl sites for hydroxylation is 2. The predicted molar refractivity (Wildman–Crippen MR) is 61.2 cm³/mol. The van der Waals surface area contributed by atoms with Crippen molar-refractivity contribution in [1.82, 2.24) is 9.55 Å². The van der Waals surface area contributed by atoms with Crippen LogP contribution in [-0.4, -0.2) is 9.55 Å². The van der Waals surface area contributed by atoms with Crippen LogP contribution >= 0.6 is 0 Å². The average molecular weight is 204 g/mol. The van der Waals surface area contributed by atoms with Crippen molar-refractivity contribution in [3.05, 3.63) is 36.8 Å². The van der Waals surface area contributed by atoms with Gasteiger partial charge in [-0.15, -0.1) is 0 Å². The van der Waals surface area contributed by atoms with E-state index in [1.165, 1.54) is 0 Å². The topological polar surface area (TPSA) is 21.7 Å². The Bertz CT molecular complexity index is 418. The molecule has 0 N–H and O–H groups in total. The maximum atomic E-state index is 4.29. The predicted octanol–water partition coefficient (Wildman–Crippen LogP) is 1.94. The Kier molecular flexibility index (Phi) is 4.03. The van der Waals surface area contributed by atoms with Crippen molar-refractivity contribution < 1.29 is 4.57 Å². The molecule has 0 bridgehead atoms. The Morgan fingerprint density at radius 3 is 2.53 bits per heavy atom. The molecule has 0 unspecified atom stereocenters. The summed E-state index contributed by atoms with van der Waals surface area (Å²) in [5, 5.41) is 0. The Morgan fingerprint density at radius 1 is 1.27 bits per heavy atom. The average Bonchev–Trinajstić information content (AvgIpc) is 2.68. The summed E-state index contributed by atoms with van der Waals surface area (Å²) in [6.45, 7) is 4.00. The van der Waals surface area contributed by atoms with E-state index >= 15 is 0 Å². The van der Waals surface area contributed by atoms with Gasteiger partial charge in [-0.1, -0.05) is 13.8 Å². The third-order valence-corrected chi connectivity index (χ3v) is 2.11. The van der Waals surface area contributed by atoms with Crippen LogP contribution in [0.5, 0.6) is 0 Å². The number of imidazole rings is 1. The Hall–Kier alpha value is -1.64. The zero-order valence-electron chi connectivity index (χ0n) is 9.81. The van der Waals surface area contributed by atoms with E-state index in [9.17, 15) is 0 Å². The summed E-state index contributed by atoms with van der Waals surface area (Å²) in [4.78, 5) is 4.29. The van der Waals surface area contributed by atoms with Crippen molar-refractivity contribution in [2.24, 2.45) is 14.1 Å². The Balaban J connectivity index is 0.000000531. The maximum Gasteiger partial charge on any atom is 0.248 e. The molecule has 2 aromatic heterocycles. The van der Waals surface area contributed by atoms with E-state index in [2.05, 4.69) is 15.6 Å². The second-order valence-corrected chi connectivity index (χ2v) is 3.06. The Labute approximate surface area is 91.0 Å². The molecule has 0 aliphatic rings. The van der Waals surface area contributed by atoms with Gasteiger partial charge in [0.2, 0.25) is 11.5 Å². The standard InChI is InChI=1S/C10H12N3.C2H6/c1-12-7-4-3-5-9(12)10-11-6-8-13(10)2;1-2/h3-8H,1-2H3;1-2H3/q+1;. The summed E-state index contributed by atoms with van der Waals surface area (Å²) in [5.41, 5.74) is 1.12. The molecule has 0 radical (unpaired) electrons. The summed E-state index contributed by atoms with van der Waals surface area (Å²) < 4.78 is 4.07. The van der Waals surface area contributed by atoms with Crippen molar-refractivity contribution in [1.29, 1.82) is 0 Å². The second kappa shape index (κ2) is 5.29. The van der Waals surface area contributed by atoms with Crippen LogP contribution in [0.2, 0.25) is 0 Å². The molecule has 0 aliphatic heterocycles. The summed E-state index contributed by atoms with van der Waals surface area (Å²) in [6, 6.07) is 6.08. The maximum absolute atomic E-state index is 4.29. The third kappa shape index (κ3) is 2.43. The molecular weight excluding hydrogens is 186 g/mol. The zero-order chi connectivity index (χ0) is 11.3. The highest BCUT2D eigenvalue weighted by molar-refractivity contribution is 5.44. The minimum Gasteiger partial charge on any atom is -0.329 e. The van der Waals surface area contributed by atoms with E-state index < -0.39 is 0 Å². The normalized spacial score (nSPS) is 9.33. The molecule has 0 aromatic carbocycles. The van der Waals surface area contributed by atoms with E-state index in [0.29, 0.717) is 0 Å². The number of nitrogens with zero attached hydrogens (tertiary/aromatic N) is 3. The van der Waals surface area contributed by atoms with Gasteiger partial charge in [0.25, 0.3) is 0 Å². The van der Waals surface area contributed by atoms with Crippen LogP contribution in [0.3, 0.4) is 0 Å². The lowest BCUT2D eigenvalue weighted by molar-refractivity contribution is -0.660. The molecule has 3 heteroatoms. The smallest absolute Gasteiger partial charge is 0.248 e. The Morgan fingerprint density at radius 2 is 2.00 bits per heavy atom. The SMILES string of the molecule is CC.Cn1ccnc1-c1cccc[n+]1C. The quantitative estimate of drug-likeness (QED) is 0.651. The third-order valence-electron chi connectivity index (χ3n) is 2.11. The minimum absolute atomic E-state index is 0.989. The van der Waals surface area contributed by atoms with Gasteiger partial charge in [-0.2, -0.15) is 4.57 Å². The monoisotopic (exact) mass is 204 g/mol. The molecule has 2 heterocycles. The first-order valence-corrected chi connectivity index (χ1v) is 5.21. The number of rotatable bonds is 1. The highest BCUT2D eigenvalue weighted by atomic mass is 15.1. The van der Waals surface area contributed by atoms with Gasteiger partial charge < -0.3 is 4.57 Å². The molecular formula is C12H18N3+. The summed E-state index contributed by atoms with van der Waals surface area (Å²) in [7, 11) is 4.01. The van der Waals surface area contributed by atoms with Crippen molar-refractivity contribution in [2.45, 2.75) is 13.8 Å². The molecule has 3 nitrogen and oxygen atoms in total. The van der Waals surface area contributed by atoms with Gasteiger partial charge in [-0.05, 0) is 6.07 Å². The van der Waals surface area contributed by atoms with Gasteiger partial charge in [0.05, 0.1) is 0 Å². The van der Waals surface area contributed by atoms with E-state index in [1.54, 1.807) is 0 Å². The largest absolute Gasteiger partial charge is 0.329 e. The fourth-order valence-electron chi connectivity index (χ4n) is 1.37. The number of pyridine rings is 1. The zero-order valence-corrected chi connectivity index (χ0v) is 9.81. The number of hydrogen-bond donors (Lipinski definition) is 0. The first-order chi connectivity index (χ1) is 7.29. The van der Waals surface area contributed by atoms with Gasteiger partial charge in [0, 0.05) is 31.6 Å². The highest BCUT2D eigenvalue weighted by Crippen LogP contribution is 2.09. The molecule has 0 amide bonds. The molecule has 0 atom stereocenters. The van der Waals surface area contributed by atoms with Gasteiger partial charge in [-0.3, -0.25) is 0 Å². The first-order valence-electron chi connectivity index (χ1n) is 5.21. The van der Waals surface area contributed by atoms with Crippen molar-refractivity contribution in [3.63, 3.8) is 0 Å². The second-order valence-electron chi connectivity index (χ2n) is 3.06.